The van der Waals surface area contributed by atoms with Gasteiger partial charge in [0, 0.05) is 12.3 Å². The molecule has 5 aromatic rings. The fourth-order valence-electron chi connectivity index (χ4n) is 4.35. The molecule has 0 spiro atoms. The molecule has 0 radical (unpaired) electrons. The van der Waals surface area contributed by atoms with Crippen LogP contribution in [-0.2, 0) is 35.4 Å². The molecule has 0 saturated heterocycles. The van der Waals surface area contributed by atoms with Crippen molar-refractivity contribution in [3.8, 4) is 5.75 Å². The maximum atomic E-state index is 14.2. The van der Waals surface area contributed by atoms with E-state index in [1.165, 1.54) is 18.3 Å². The van der Waals surface area contributed by atoms with E-state index in [1.54, 1.807) is 60.7 Å². The predicted molar refractivity (Wildman–Crippen MR) is 155 cm³/mol. The highest BCUT2D eigenvalue weighted by Gasteiger charge is 2.37. The van der Waals surface area contributed by atoms with Crippen LogP contribution in [0.5, 0.6) is 5.75 Å². The maximum Gasteiger partial charge on any atom is 0.458 e. The second kappa shape index (κ2) is 13.9. The molecule has 238 valence electrons. The van der Waals surface area contributed by atoms with E-state index < -0.39 is 53.3 Å². The Labute approximate surface area is 259 Å². The van der Waals surface area contributed by atoms with Gasteiger partial charge in [-0.1, -0.05) is 72.8 Å². The van der Waals surface area contributed by atoms with Gasteiger partial charge < -0.3 is 15.2 Å². The minimum atomic E-state index is -4.85. The Kier molecular flexibility index (Phi) is 9.75. The largest absolute Gasteiger partial charge is 0.458 e. The lowest BCUT2D eigenvalue weighted by molar-refractivity contribution is -0.463. The molecular formula is C33H26F5N3O5. The number of ether oxygens (including phenoxy) is 3. The Morgan fingerprint density at radius 3 is 1.96 bits per heavy atom. The lowest BCUT2D eigenvalue weighted by Gasteiger charge is -2.28. The first-order chi connectivity index (χ1) is 22.0. The third kappa shape index (κ3) is 8.33. The first kappa shape index (κ1) is 32.3. The molecule has 0 atom stereocenters. The summed E-state index contributed by atoms with van der Waals surface area (Å²) in [6.07, 6.45) is -6.33. The van der Waals surface area contributed by atoms with Crippen molar-refractivity contribution in [2.75, 3.05) is 5.32 Å². The number of anilines is 1. The number of nitrogens with zero attached hydrogens (tertiary/aromatic N) is 2. The number of nitrogens with one attached hydrogen (secondary N) is 1. The number of rotatable bonds is 12. The molecule has 1 heterocycles. The maximum absolute atomic E-state index is 14.2. The Balaban J connectivity index is 1.34. The van der Waals surface area contributed by atoms with Gasteiger partial charge in [0.2, 0.25) is 0 Å². The number of aliphatic hydroxyl groups is 1. The number of hydrogen-bond acceptors (Lipinski definition) is 6. The smallest absolute Gasteiger partial charge is 0.417 e. The van der Waals surface area contributed by atoms with Gasteiger partial charge in [-0.2, -0.15) is 18.3 Å². The van der Waals surface area contributed by atoms with Crippen molar-refractivity contribution in [2.24, 2.45) is 0 Å². The zero-order valence-corrected chi connectivity index (χ0v) is 23.9. The molecule has 5 rings (SSSR count). The van der Waals surface area contributed by atoms with E-state index in [2.05, 4.69) is 10.4 Å². The minimum absolute atomic E-state index is 0.141. The fraction of sp³-hybridized carbons (Fsp3) is 0.152. The number of amides is 1. The SMILES string of the molecule is O=C(Nc1ccn(Cc2ccc(OC(O)(OCc3ccccc3)OCc3ccccc3)cc2C(F)(F)F)n1)c1c(F)cccc1F. The van der Waals surface area contributed by atoms with E-state index in [-0.39, 0.29) is 24.6 Å². The topological polar surface area (TPSA) is 94.8 Å². The summed E-state index contributed by atoms with van der Waals surface area (Å²) < 4.78 is 88.1. The second-order valence-electron chi connectivity index (χ2n) is 9.94. The number of hydrogen-bond donors (Lipinski definition) is 2. The molecule has 0 aliphatic rings. The molecule has 13 heteroatoms. The molecule has 0 aliphatic heterocycles. The van der Waals surface area contributed by atoms with Crippen LogP contribution in [0.3, 0.4) is 0 Å². The Bertz CT molecular complexity index is 1720. The number of aromatic nitrogens is 2. The van der Waals surface area contributed by atoms with E-state index in [0.717, 1.165) is 28.9 Å². The Hall–Kier alpha value is -5.11. The van der Waals surface area contributed by atoms with Crippen molar-refractivity contribution in [1.29, 1.82) is 0 Å². The van der Waals surface area contributed by atoms with Crippen molar-refractivity contribution in [2.45, 2.75) is 32.1 Å². The van der Waals surface area contributed by atoms with Gasteiger partial charge in [0.1, 0.15) is 22.9 Å². The molecule has 1 aromatic heterocycles. The van der Waals surface area contributed by atoms with Crippen molar-refractivity contribution in [1.82, 2.24) is 9.78 Å². The molecule has 0 unspecified atom stereocenters. The van der Waals surface area contributed by atoms with E-state index in [1.807, 2.05) is 0 Å². The van der Waals surface area contributed by atoms with E-state index in [0.29, 0.717) is 17.2 Å². The summed E-state index contributed by atoms with van der Waals surface area (Å²) in [6, 6.07) is 24.6. The monoisotopic (exact) mass is 639 g/mol. The van der Waals surface area contributed by atoms with E-state index >= 15 is 0 Å². The normalized spacial score (nSPS) is 11.8. The molecule has 0 bridgehead atoms. The van der Waals surface area contributed by atoms with Crippen LogP contribution >= 0.6 is 0 Å². The van der Waals surface area contributed by atoms with Gasteiger partial charge in [-0.3, -0.25) is 19.0 Å². The Morgan fingerprint density at radius 1 is 0.804 bits per heavy atom. The van der Waals surface area contributed by atoms with Gasteiger partial charge in [-0.15, -0.1) is 0 Å². The van der Waals surface area contributed by atoms with Crippen LogP contribution in [0.15, 0.2) is 109 Å². The van der Waals surface area contributed by atoms with E-state index in [4.69, 9.17) is 14.2 Å². The summed E-state index contributed by atoms with van der Waals surface area (Å²) in [5, 5.41) is 17.4. The third-order valence-electron chi connectivity index (χ3n) is 6.57. The molecule has 0 fully saturated rings. The summed E-state index contributed by atoms with van der Waals surface area (Å²) >= 11 is 0. The first-order valence-electron chi connectivity index (χ1n) is 13.8. The fourth-order valence-corrected chi connectivity index (χ4v) is 4.35. The zero-order valence-electron chi connectivity index (χ0n) is 23.9. The van der Waals surface area contributed by atoms with Gasteiger partial charge in [-0.05, 0) is 41.0 Å². The summed E-state index contributed by atoms with van der Waals surface area (Å²) in [7, 11) is 0. The van der Waals surface area contributed by atoms with Crippen LogP contribution in [0.4, 0.5) is 27.8 Å². The lowest BCUT2D eigenvalue weighted by Crippen LogP contribution is -2.42. The van der Waals surface area contributed by atoms with Crippen LogP contribution in [0.1, 0.15) is 32.6 Å². The number of alkyl halides is 3. The highest BCUT2D eigenvalue weighted by atomic mass is 19.4. The molecule has 46 heavy (non-hydrogen) atoms. The third-order valence-corrected chi connectivity index (χ3v) is 6.57. The van der Waals surface area contributed by atoms with Crippen LogP contribution in [-0.4, -0.2) is 27.0 Å². The quantitative estimate of drug-likeness (QED) is 0.114. The average Bonchev–Trinajstić information content (AvgIpc) is 3.46. The molecule has 8 nitrogen and oxygen atoms in total. The highest BCUT2D eigenvalue weighted by molar-refractivity contribution is 6.04. The summed E-state index contributed by atoms with van der Waals surface area (Å²) in [6.45, 7) is -0.769. The lowest BCUT2D eigenvalue weighted by atomic mass is 10.1. The van der Waals surface area contributed by atoms with Gasteiger partial charge in [0.25, 0.3) is 5.91 Å². The molecule has 0 saturated carbocycles. The molecule has 0 aliphatic carbocycles. The highest BCUT2D eigenvalue weighted by Crippen LogP contribution is 2.36. The zero-order chi connectivity index (χ0) is 32.7. The van der Waals surface area contributed by atoms with Gasteiger partial charge >= 0.3 is 12.3 Å². The summed E-state index contributed by atoms with van der Waals surface area (Å²) in [5.41, 5.74) is -0.874. The van der Waals surface area contributed by atoms with Crippen LogP contribution in [0, 0.1) is 11.6 Å². The van der Waals surface area contributed by atoms with Crippen LogP contribution in [0.25, 0.3) is 0 Å². The minimum Gasteiger partial charge on any atom is -0.417 e. The predicted octanol–water partition coefficient (Wildman–Crippen LogP) is 6.90. The molecular weight excluding hydrogens is 613 g/mol. The number of carbonyl (C=O) groups excluding carboxylic acids is 1. The van der Waals surface area contributed by atoms with Gasteiger partial charge in [-0.25, -0.2) is 8.78 Å². The van der Waals surface area contributed by atoms with E-state index in [9.17, 15) is 31.9 Å². The number of benzene rings is 4. The van der Waals surface area contributed by atoms with Gasteiger partial charge in [0.15, 0.2) is 5.82 Å². The molecule has 2 N–H and O–H groups in total. The number of carbonyl (C=O) groups is 1. The summed E-state index contributed by atoms with van der Waals surface area (Å²) in [4.78, 5) is 12.4. The standard InChI is InChI=1S/C33H26F5N3O5/c34-27-12-7-13-28(35)30(27)31(42)39-29-16-17-41(40-29)19-24-14-15-25(18-26(24)32(36,37)38)46-33(43,44-20-22-8-3-1-4-9-22)45-21-23-10-5-2-6-11-23/h1-18,43H,19-21H2,(H,39,40,42). The number of halogens is 5. The van der Waals surface area contributed by atoms with Crippen molar-refractivity contribution in [3.05, 3.63) is 149 Å². The van der Waals surface area contributed by atoms with Crippen LogP contribution in [0.2, 0.25) is 0 Å². The van der Waals surface area contributed by atoms with Crippen molar-refractivity contribution in [3.63, 3.8) is 0 Å². The summed E-state index contributed by atoms with van der Waals surface area (Å²) in [5.74, 6) is -3.83. The second-order valence-corrected chi connectivity index (χ2v) is 9.94. The Morgan fingerprint density at radius 2 is 1.39 bits per heavy atom. The molecule has 1 amide bonds. The molecule has 4 aromatic carbocycles. The first-order valence-corrected chi connectivity index (χ1v) is 13.8. The van der Waals surface area contributed by atoms with Crippen LogP contribution < -0.4 is 10.1 Å². The van der Waals surface area contributed by atoms with Gasteiger partial charge in [0.05, 0.1) is 25.3 Å². The van der Waals surface area contributed by atoms with Crippen molar-refractivity contribution < 1.29 is 46.1 Å². The van der Waals surface area contributed by atoms with Crippen molar-refractivity contribution >= 4 is 11.7 Å². The average molecular weight is 640 g/mol.